The number of nitrogens with one attached hydrogen (secondary N) is 1. The Bertz CT molecular complexity index is 697. The van der Waals surface area contributed by atoms with Crippen LogP contribution in [0.4, 0.5) is 0 Å². The van der Waals surface area contributed by atoms with Crippen molar-refractivity contribution in [2.45, 2.75) is 31.6 Å². The highest BCUT2D eigenvalue weighted by molar-refractivity contribution is 6.20. The molecule has 126 valence electrons. The van der Waals surface area contributed by atoms with Gasteiger partial charge in [0.25, 0.3) is 11.7 Å². The summed E-state index contributed by atoms with van der Waals surface area (Å²) in [6, 6.07) is 10.3. The highest BCUT2D eigenvalue weighted by atomic mass is 16.2. The number of hydrogen-bond donors (Lipinski definition) is 2. The number of aryl methyl sites for hydroxylation is 1. The molecule has 0 aromatic heterocycles. The Hall–Kier alpha value is -2.36. The minimum atomic E-state index is -1.15. The molecule has 3 N–H and O–H groups in total. The summed E-state index contributed by atoms with van der Waals surface area (Å²) in [6.07, 6.45) is 3.31. The number of likely N-dealkylation sites (tertiary alicyclic amines) is 1. The van der Waals surface area contributed by atoms with Crippen LogP contribution in [-0.4, -0.2) is 47.7 Å². The van der Waals surface area contributed by atoms with Crippen molar-refractivity contribution in [2.24, 2.45) is 5.73 Å². The number of rotatable bonds is 2. The smallest absolute Gasteiger partial charge is 0.263 e. The van der Waals surface area contributed by atoms with Gasteiger partial charge in [0.2, 0.25) is 0 Å². The van der Waals surface area contributed by atoms with E-state index in [0.29, 0.717) is 18.7 Å². The summed E-state index contributed by atoms with van der Waals surface area (Å²) in [6.45, 7) is 3.38. The van der Waals surface area contributed by atoms with Gasteiger partial charge >= 0.3 is 0 Å². The zero-order valence-electron chi connectivity index (χ0n) is 14.1. The summed E-state index contributed by atoms with van der Waals surface area (Å²) in [5.74, 6) is -1.31. The average molecular weight is 325 g/mol. The Kier molecular flexibility index (Phi) is 4.31. The number of carbonyl (C=O) groups excluding carboxylic acids is 1. The molecule has 0 aliphatic carbocycles. The number of piperidine rings is 1. The van der Waals surface area contributed by atoms with Gasteiger partial charge in [-0.25, -0.2) is 0 Å². The van der Waals surface area contributed by atoms with Crippen LogP contribution in [0.3, 0.4) is 0 Å². The van der Waals surface area contributed by atoms with E-state index < -0.39 is 5.79 Å². The van der Waals surface area contributed by atoms with Crippen molar-refractivity contribution in [3.8, 4) is 6.07 Å². The lowest BCUT2D eigenvalue weighted by Crippen LogP contribution is -2.70. The van der Waals surface area contributed by atoms with Gasteiger partial charge in [-0.3, -0.25) is 14.6 Å². The Morgan fingerprint density at radius 2 is 1.92 bits per heavy atom. The first-order valence-corrected chi connectivity index (χ1v) is 8.23. The van der Waals surface area contributed by atoms with Crippen molar-refractivity contribution in [3.05, 3.63) is 41.6 Å². The van der Waals surface area contributed by atoms with E-state index in [1.54, 1.807) is 13.2 Å². The number of carbonyl (C=O) groups is 1. The molecule has 2 heterocycles. The van der Waals surface area contributed by atoms with Crippen LogP contribution in [0.1, 0.15) is 24.0 Å². The quantitative estimate of drug-likeness (QED) is 0.847. The van der Waals surface area contributed by atoms with E-state index in [1.165, 1.54) is 4.90 Å². The topological polar surface area (TPSA) is 85.4 Å². The lowest BCUT2D eigenvalue weighted by atomic mass is 9.99. The lowest BCUT2D eigenvalue weighted by molar-refractivity contribution is -0.138. The molecule has 3 rings (SSSR count). The molecule has 6 heteroatoms. The molecule has 2 aliphatic rings. The molecule has 6 nitrogen and oxygen atoms in total. The fraction of sp³-hybridized carbons (Fsp3) is 0.444. The van der Waals surface area contributed by atoms with Crippen molar-refractivity contribution in [2.75, 3.05) is 20.1 Å². The van der Waals surface area contributed by atoms with Crippen molar-refractivity contribution in [3.63, 3.8) is 0 Å². The van der Waals surface area contributed by atoms with Gasteiger partial charge < -0.3 is 11.1 Å². The molecule has 1 amide bonds. The fourth-order valence-corrected chi connectivity index (χ4v) is 3.30. The highest BCUT2D eigenvalue weighted by Crippen LogP contribution is 2.29. The SMILES string of the molecule is Cc1ccc(C2=CNC(C#N)(N3CCC(N)CC3)N(C)C2=O)cc1. The van der Waals surface area contributed by atoms with E-state index in [4.69, 9.17) is 5.73 Å². The molecule has 1 saturated heterocycles. The number of nitrogens with two attached hydrogens (primary N) is 1. The first-order valence-electron chi connectivity index (χ1n) is 8.23. The Labute approximate surface area is 142 Å². The Morgan fingerprint density at radius 1 is 1.29 bits per heavy atom. The largest absolute Gasteiger partial charge is 0.343 e. The Morgan fingerprint density at radius 3 is 2.50 bits per heavy atom. The van der Waals surface area contributed by atoms with Crippen molar-refractivity contribution in [1.29, 1.82) is 5.26 Å². The minimum Gasteiger partial charge on any atom is -0.343 e. The maximum Gasteiger partial charge on any atom is 0.263 e. The summed E-state index contributed by atoms with van der Waals surface area (Å²) in [7, 11) is 1.67. The van der Waals surface area contributed by atoms with E-state index in [0.717, 1.165) is 24.0 Å². The molecule has 1 fully saturated rings. The zero-order chi connectivity index (χ0) is 17.3. The van der Waals surface area contributed by atoms with Gasteiger partial charge in [-0.05, 0) is 25.3 Å². The predicted octanol–water partition coefficient (Wildman–Crippen LogP) is 0.998. The molecule has 24 heavy (non-hydrogen) atoms. The van der Waals surface area contributed by atoms with Gasteiger partial charge in [-0.2, -0.15) is 5.26 Å². The maximum absolute atomic E-state index is 12.9. The van der Waals surface area contributed by atoms with Crippen LogP contribution in [0.25, 0.3) is 5.57 Å². The normalized spacial score (nSPS) is 25.8. The van der Waals surface area contributed by atoms with E-state index in [2.05, 4.69) is 11.4 Å². The first kappa shape index (κ1) is 16.5. The van der Waals surface area contributed by atoms with Crippen molar-refractivity contribution >= 4 is 11.5 Å². The number of likely N-dealkylation sites (N-methyl/N-ethyl adjacent to an activating group) is 1. The third-order valence-corrected chi connectivity index (χ3v) is 4.95. The number of amides is 1. The monoisotopic (exact) mass is 325 g/mol. The van der Waals surface area contributed by atoms with Gasteiger partial charge in [-0.1, -0.05) is 29.8 Å². The summed E-state index contributed by atoms with van der Waals surface area (Å²) in [4.78, 5) is 16.4. The van der Waals surface area contributed by atoms with Crippen LogP contribution in [-0.2, 0) is 4.79 Å². The summed E-state index contributed by atoms with van der Waals surface area (Å²) >= 11 is 0. The van der Waals surface area contributed by atoms with Crippen molar-refractivity contribution in [1.82, 2.24) is 15.1 Å². The summed E-state index contributed by atoms with van der Waals surface area (Å²) in [5.41, 5.74) is 8.51. The van der Waals surface area contributed by atoms with Gasteiger partial charge in [0.15, 0.2) is 0 Å². The number of benzene rings is 1. The van der Waals surface area contributed by atoms with E-state index in [9.17, 15) is 10.1 Å². The maximum atomic E-state index is 12.9. The van der Waals surface area contributed by atoms with Crippen LogP contribution in [0, 0.1) is 18.3 Å². The second kappa shape index (κ2) is 6.27. The lowest BCUT2D eigenvalue weighted by Gasteiger charge is -2.48. The first-order chi connectivity index (χ1) is 11.5. The summed E-state index contributed by atoms with van der Waals surface area (Å²) < 4.78 is 0. The van der Waals surface area contributed by atoms with Crippen LogP contribution < -0.4 is 11.1 Å². The molecule has 0 spiro atoms. The molecule has 2 aliphatic heterocycles. The molecule has 0 bridgehead atoms. The molecular formula is C18H23N5O. The molecule has 1 unspecified atom stereocenters. The third-order valence-electron chi connectivity index (χ3n) is 4.95. The second-order valence-electron chi connectivity index (χ2n) is 6.54. The predicted molar refractivity (Wildman–Crippen MR) is 92.2 cm³/mol. The standard InChI is InChI=1S/C18H23N5O/c1-13-3-5-14(6-4-13)16-11-21-18(12-19,22(2)17(16)24)23-9-7-15(20)8-10-23/h3-6,11,15,21H,7-10,20H2,1-2H3. The molecule has 1 aromatic carbocycles. The third kappa shape index (κ3) is 2.66. The van der Waals surface area contributed by atoms with Crippen LogP contribution in [0.15, 0.2) is 30.5 Å². The molecule has 1 aromatic rings. The number of hydrogen-bond acceptors (Lipinski definition) is 5. The van der Waals surface area contributed by atoms with E-state index in [1.807, 2.05) is 36.1 Å². The number of nitrogens with zero attached hydrogens (tertiary/aromatic N) is 3. The van der Waals surface area contributed by atoms with Gasteiger partial charge in [0.05, 0.1) is 5.57 Å². The molecule has 0 radical (unpaired) electrons. The minimum absolute atomic E-state index is 0.158. The fourth-order valence-electron chi connectivity index (χ4n) is 3.30. The van der Waals surface area contributed by atoms with Gasteiger partial charge in [0.1, 0.15) is 6.07 Å². The molecule has 0 saturated carbocycles. The van der Waals surface area contributed by atoms with E-state index in [-0.39, 0.29) is 11.9 Å². The number of nitriles is 1. The van der Waals surface area contributed by atoms with Gasteiger partial charge in [0, 0.05) is 32.4 Å². The second-order valence-corrected chi connectivity index (χ2v) is 6.54. The molecule has 1 atom stereocenters. The van der Waals surface area contributed by atoms with E-state index >= 15 is 0 Å². The highest BCUT2D eigenvalue weighted by Gasteiger charge is 2.47. The van der Waals surface area contributed by atoms with Crippen LogP contribution in [0.5, 0.6) is 0 Å². The van der Waals surface area contributed by atoms with Crippen molar-refractivity contribution < 1.29 is 4.79 Å². The van der Waals surface area contributed by atoms with Crippen LogP contribution >= 0.6 is 0 Å². The molecular weight excluding hydrogens is 302 g/mol. The summed E-state index contributed by atoms with van der Waals surface area (Å²) in [5, 5.41) is 13.0. The Balaban J connectivity index is 1.91. The zero-order valence-corrected chi connectivity index (χ0v) is 14.1. The van der Waals surface area contributed by atoms with Crippen LogP contribution in [0.2, 0.25) is 0 Å². The van der Waals surface area contributed by atoms with Gasteiger partial charge in [-0.15, -0.1) is 0 Å². The average Bonchev–Trinajstić information content (AvgIpc) is 2.59.